The van der Waals surface area contributed by atoms with Crippen molar-refractivity contribution in [2.75, 3.05) is 38.0 Å². The summed E-state index contributed by atoms with van der Waals surface area (Å²) < 4.78 is 13.6. The van der Waals surface area contributed by atoms with E-state index in [1.165, 1.54) is 18.5 Å². The van der Waals surface area contributed by atoms with Crippen LogP contribution >= 0.6 is 0 Å². The highest BCUT2D eigenvalue weighted by Gasteiger charge is 2.21. The van der Waals surface area contributed by atoms with Crippen molar-refractivity contribution in [3.8, 4) is 0 Å². The van der Waals surface area contributed by atoms with Crippen molar-refractivity contribution in [3.63, 3.8) is 0 Å². The molecule has 1 aromatic heterocycles. The average Bonchev–Trinajstić information content (AvgIpc) is 2.67. The van der Waals surface area contributed by atoms with Gasteiger partial charge in [-0.05, 0) is 12.6 Å². The number of hydrogen-bond acceptors (Lipinski definition) is 5. The smallest absolute Gasteiger partial charge is 0.257 e. The summed E-state index contributed by atoms with van der Waals surface area (Å²) in [6.45, 7) is 6.65. The van der Waals surface area contributed by atoms with E-state index in [2.05, 4.69) is 27.1 Å². The van der Waals surface area contributed by atoms with Crippen molar-refractivity contribution in [1.29, 1.82) is 0 Å². The number of rotatable bonds is 5. The van der Waals surface area contributed by atoms with Gasteiger partial charge in [0.2, 0.25) is 5.95 Å². The van der Waals surface area contributed by atoms with E-state index in [1.54, 1.807) is 18.2 Å². The third kappa shape index (κ3) is 4.30. The second-order valence-electron chi connectivity index (χ2n) is 5.97. The first-order chi connectivity index (χ1) is 12.2. The number of carbonyl (C=O) groups excluding carboxylic acids is 1. The molecule has 3 rings (SSSR count). The molecule has 0 aliphatic carbocycles. The maximum absolute atomic E-state index is 13.6. The van der Waals surface area contributed by atoms with E-state index in [9.17, 15) is 9.18 Å². The van der Waals surface area contributed by atoms with Crippen LogP contribution in [-0.4, -0.2) is 58.4 Å². The lowest BCUT2D eigenvalue weighted by atomic mass is 10.2. The molecule has 25 heavy (non-hydrogen) atoms. The fourth-order valence-corrected chi connectivity index (χ4v) is 2.80. The Morgan fingerprint density at radius 3 is 2.48 bits per heavy atom. The minimum Gasteiger partial charge on any atom is -0.350 e. The molecule has 1 aromatic carbocycles. The van der Waals surface area contributed by atoms with Crippen molar-refractivity contribution in [3.05, 3.63) is 53.6 Å². The van der Waals surface area contributed by atoms with Gasteiger partial charge in [0.05, 0.1) is 5.56 Å². The Morgan fingerprint density at radius 1 is 1.16 bits per heavy atom. The lowest BCUT2D eigenvalue weighted by Gasteiger charge is -2.33. The number of hydrogen-bond donors (Lipinski definition) is 1. The number of amides is 1. The van der Waals surface area contributed by atoms with Crippen LogP contribution in [0.5, 0.6) is 0 Å². The van der Waals surface area contributed by atoms with Gasteiger partial charge in [0, 0.05) is 50.7 Å². The maximum atomic E-state index is 13.6. The first-order valence-corrected chi connectivity index (χ1v) is 8.48. The Bertz CT molecular complexity index is 714. The van der Waals surface area contributed by atoms with Crippen LogP contribution in [0.1, 0.15) is 22.8 Å². The van der Waals surface area contributed by atoms with E-state index in [0.29, 0.717) is 23.6 Å². The molecule has 2 aromatic rings. The van der Waals surface area contributed by atoms with E-state index in [0.717, 1.165) is 32.7 Å². The van der Waals surface area contributed by atoms with E-state index in [-0.39, 0.29) is 11.7 Å². The summed E-state index contributed by atoms with van der Waals surface area (Å²) in [6.07, 6.45) is 3.04. The number of piperazine rings is 1. The zero-order valence-corrected chi connectivity index (χ0v) is 14.3. The number of carbonyl (C=O) groups is 1. The lowest BCUT2D eigenvalue weighted by molar-refractivity contribution is 0.0642. The molecule has 6 nitrogen and oxygen atoms in total. The summed E-state index contributed by atoms with van der Waals surface area (Å²) in [6, 6.07) is 6.55. The van der Waals surface area contributed by atoms with Crippen LogP contribution < -0.4 is 5.32 Å². The Morgan fingerprint density at radius 2 is 1.84 bits per heavy atom. The summed E-state index contributed by atoms with van der Waals surface area (Å²) in [7, 11) is 0. The fourth-order valence-electron chi connectivity index (χ4n) is 2.80. The Labute approximate surface area is 146 Å². The van der Waals surface area contributed by atoms with Crippen LogP contribution in [0.4, 0.5) is 10.3 Å². The maximum Gasteiger partial charge on any atom is 0.257 e. The summed E-state index contributed by atoms with van der Waals surface area (Å²) in [4.78, 5) is 25.0. The quantitative estimate of drug-likeness (QED) is 0.900. The van der Waals surface area contributed by atoms with Crippen molar-refractivity contribution in [2.24, 2.45) is 0 Å². The van der Waals surface area contributed by atoms with E-state index < -0.39 is 0 Å². The molecule has 0 spiro atoms. The molecular formula is C18H22FN5O. The molecule has 0 bridgehead atoms. The third-order valence-electron chi connectivity index (χ3n) is 4.40. The van der Waals surface area contributed by atoms with Gasteiger partial charge in [0.1, 0.15) is 5.82 Å². The van der Waals surface area contributed by atoms with Gasteiger partial charge < -0.3 is 15.1 Å². The van der Waals surface area contributed by atoms with Crippen molar-refractivity contribution in [2.45, 2.75) is 13.5 Å². The minimum atomic E-state index is -0.270. The summed E-state index contributed by atoms with van der Waals surface area (Å²) in [5.41, 5.74) is 1.02. The average molecular weight is 343 g/mol. The molecule has 0 radical (unpaired) electrons. The number of aromatic nitrogens is 2. The molecule has 1 amide bonds. The van der Waals surface area contributed by atoms with Gasteiger partial charge in [-0.25, -0.2) is 14.4 Å². The van der Waals surface area contributed by atoms with Gasteiger partial charge in [-0.3, -0.25) is 4.79 Å². The number of halogens is 1. The van der Waals surface area contributed by atoms with Crippen LogP contribution in [0.25, 0.3) is 0 Å². The van der Waals surface area contributed by atoms with Gasteiger partial charge in [0.15, 0.2) is 0 Å². The second kappa shape index (κ2) is 8.02. The zero-order chi connectivity index (χ0) is 17.6. The van der Waals surface area contributed by atoms with Gasteiger partial charge in [-0.15, -0.1) is 0 Å². The highest BCUT2D eigenvalue weighted by atomic mass is 19.1. The van der Waals surface area contributed by atoms with Gasteiger partial charge >= 0.3 is 0 Å². The first-order valence-electron chi connectivity index (χ1n) is 8.48. The first kappa shape index (κ1) is 17.3. The molecule has 1 fully saturated rings. The largest absolute Gasteiger partial charge is 0.350 e. The standard InChI is InChI=1S/C18H22FN5O/c1-2-23-7-9-24(10-8-23)17(25)15-12-21-18(22-13-15)20-11-14-5-3-4-6-16(14)19/h3-6,12-13H,2,7-11H2,1H3,(H,20,21,22). The van der Waals surface area contributed by atoms with Gasteiger partial charge in [-0.2, -0.15) is 0 Å². The topological polar surface area (TPSA) is 61.4 Å². The van der Waals surface area contributed by atoms with Crippen LogP contribution in [0, 0.1) is 5.82 Å². The van der Waals surface area contributed by atoms with E-state index >= 15 is 0 Å². The van der Waals surface area contributed by atoms with Crippen molar-refractivity contribution < 1.29 is 9.18 Å². The molecule has 7 heteroatoms. The third-order valence-corrected chi connectivity index (χ3v) is 4.40. The molecule has 1 aliphatic rings. The van der Waals surface area contributed by atoms with Crippen LogP contribution in [0.15, 0.2) is 36.7 Å². The van der Waals surface area contributed by atoms with Crippen LogP contribution in [-0.2, 0) is 6.54 Å². The molecule has 0 atom stereocenters. The SMILES string of the molecule is CCN1CCN(C(=O)c2cnc(NCc3ccccc3F)nc2)CC1. The normalized spacial score (nSPS) is 15.2. The highest BCUT2D eigenvalue weighted by molar-refractivity contribution is 5.93. The van der Waals surface area contributed by atoms with Gasteiger partial charge in [0.25, 0.3) is 5.91 Å². The van der Waals surface area contributed by atoms with Crippen LogP contribution in [0.2, 0.25) is 0 Å². The van der Waals surface area contributed by atoms with Crippen molar-refractivity contribution in [1.82, 2.24) is 19.8 Å². The lowest BCUT2D eigenvalue weighted by Crippen LogP contribution is -2.48. The molecule has 0 unspecified atom stereocenters. The predicted octanol–water partition coefficient (Wildman–Crippen LogP) is 2.01. The molecule has 1 saturated heterocycles. The molecular weight excluding hydrogens is 321 g/mol. The molecule has 0 saturated carbocycles. The highest BCUT2D eigenvalue weighted by Crippen LogP contribution is 2.11. The van der Waals surface area contributed by atoms with E-state index in [1.807, 2.05) is 4.90 Å². The molecule has 2 heterocycles. The second-order valence-corrected chi connectivity index (χ2v) is 5.97. The Hall–Kier alpha value is -2.54. The number of likely N-dealkylation sites (N-methyl/N-ethyl adjacent to an activating group) is 1. The summed E-state index contributed by atoms with van der Waals surface area (Å²) in [5, 5.41) is 2.97. The molecule has 1 N–H and O–H groups in total. The molecule has 1 aliphatic heterocycles. The van der Waals surface area contributed by atoms with Crippen molar-refractivity contribution >= 4 is 11.9 Å². The van der Waals surface area contributed by atoms with E-state index in [4.69, 9.17) is 0 Å². The Kier molecular flexibility index (Phi) is 5.55. The number of nitrogens with one attached hydrogen (secondary N) is 1. The summed E-state index contributed by atoms with van der Waals surface area (Å²) in [5.74, 6) is 0.0556. The summed E-state index contributed by atoms with van der Waals surface area (Å²) >= 11 is 0. The fraction of sp³-hybridized carbons (Fsp3) is 0.389. The molecule has 132 valence electrons. The van der Waals surface area contributed by atoms with Crippen LogP contribution in [0.3, 0.4) is 0 Å². The number of anilines is 1. The minimum absolute atomic E-state index is 0.0450. The predicted molar refractivity (Wildman–Crippen MR) is 93.8 cm³/mol. The number of nitrogens with zero attached hydrogens (tertiary/aromatic N) is 4. The van der Waals surface area contributed by atoms with Gasteiger partial charge in [-0.1, -0.05) is 25.1 Å². The Balaban J connectivity index is 1.57. The zero-order valence-electron chi connectivity index (χ0n) is 14.3. The monoisotopic (exact) mass is 343 g/mol. The number of benzene rings is 1.